The molecule has 0 bridgehead atoms. The molecule has 4 rings (SSSR count). The van der Waals surface area contributed by atoms with Gasteiger partial charge in [-0.05, 0) is 83.1 Å². The van der Waals surface area contributed by atoms with Crippen molar-refractivity contribution in [2.45, 2.75) is 83.9 Å². The van der Waals surface area contributed by atoms with Crippen molar-refractivity contribution < 1.29 is 23.9 Å². The van der Waals surface area contributed by atoms with E-state index in [1.807, 2.05) is 58.0 Å². The third-order valence-corrected chi connectivity index (χ3v) is 9.27. The quantitative estimate of drug-likeness (QED) is 0.318. The van der Waals surface area contributed by atoms with Crippen LogP contribution in [0.25, 0.3) is 0 Å². The Labute approximate surface area is 287 Å². The molecule has 2 fully saturated rings. The topological polar surface area (TPSA) is 120 Å². The number of carbonyl (C=O) groups excluding carboxylic acids is 4. The molecule has 5 amide bonds. The van der Waals surface area contributed by atoms with Crippen molar-refractivity contribution in [1.82, 2.24) is 25.8 Å². The highest BCUT2D eigenvalue weighted by Gasteiger charge is 2.44. The highest BCUT2D eigenvalue weighted by atomic mass is 35.5. The second-order valence-corrected chi connectivity index (χ2v) is 14.4. The number of likely N-dealkylation sites (tertiary alicyclic amines) is 2. The Morgan fingerprint density at radius 3 is 2.38 bits per heavy atom. The minimum absolute atomic E-state index is 0.0834. The molecule has 2 aliphatic rings. The Bertz CT molecular complexity index is 1420. The molecular formula is C35H47Cl2N5O5. The summed E-state index contributed by atoms with van der Waals surface area (Å²) in [6.45, 7) is 9.33. The lowest BCUT2D eigenvalue weighted by molar-refractivity contribution is -0.142. The van der Waals surface area contributed by atoms with Crippen LogP contribution in [0.1, 0.15) is 64.5 Å². The summed E-state index contributed by atoms with van der Waals surface area (Å²) in [6, 6.07) is 13.2. The lowest BCUT2D eigenvalue weighted by Crippen LogP contribution is -2.60. The van der Waals surface area contributed by atoms with Gasteiger partial charge in [0.1, 0.15) is 11.6 Å². The van der Waals surface area contributed by atoms with Gasteiger partial charge in [0.05, 0.1) is 15.5 Å². The molecule has 2 aromatic carbocycles. The fraction of sp³-hybridized carbons (Fsp3) is 0.543. The molecule has 256 valence electrons. The molecule has 0 saturated carbocycles. The van der Waals surface area contributed by atoms with E-state index in [0.717, 1.165) is 11.1 Å². The molecule has 2 saturated heterocycles. The molecule has 2 unspecified atom stereocenters. The maximum atomic E-state index is 14.3. The molecule has 10 nitrogen and oxygen atoms in total. The van der Waals surface area contributed by atoms with E-state index < -0.39 is 29.2 Å². The second kappa shape index (κ2) is 16.1. The van der Waals surface area contributed by atoms with Crippen LogP contribution in [0.3, 0.4) is 0 Å². The van der Waals surface area contributed by atoms with Gasteiger partial charge < -0.3 is 30.5 Å². The van der Waals surface area contributed by atoms with Crippen LogP contribution in [-0.2, 0) is 27.2 Å². The predicted molar refractivity (Wildman–Crippen MR) is 184 cm³/mol. The first-order valence-electron chi connectivity index (χ1n) is 16.4. The van der Waals surface area contributed by atoms with Crippen molar-refractivity contribution in [1.29, 1.82) is 0 Å². The summed E-state index contributed by atoms with van der Waals surface area (Å²) in [6.07, 6.45) is 2.90. The first-order chi connectivity index (χ1) is 22.3. The molecule has 0 aromatic heterocycles. The summed E-state index contributed by atoms with van der Waals surface area (Å²) in [5.74, 6) is -0.369. The lowest BCUT2D eigenvalue weighted by atomic mass is 9.74. The molecule has 12 heteroatoms. The number of urea groups is 1. The van der Waals surface area contributed by atoms with Crippen LogP contribution in [0.5, 0.6) is 0 Å². The Kier molecular flexibility index (Phi) is 12.4. The van der Waals surface area contributed by atoms with Gasteiger partial charge >= 0.3 is 12.1 Å². The van der Waals surface area contributed by atoms with Crippen molar-refractivity contribution in [3.63, 3.8) is 0 Å². The third-order valence-electron chi connectivity index (χ3n) is 8.53. The molecule has 2 aromatic rings. The van der Waals surface area contributed by atoms with Gasteiger partial charge in [-0.3, -0.25) is 9.59 Å². The smallest absolute Gasteiger partial charge is 0.410 e. The summed E-state index contributed by atoms with van der Waals surface area (Å²) >= 11 is 12.5. The molecule has 3 atom stereocenters. The average molecular weight is 689 g/mol. The van der Waals surface area contributed by atoms with Gasteiger partial charge in [0.2, 0.25) is 11.8 Å². The zero-order valence-electron chi connectivity index (χ0n) is 27.7. The molecule has 0 radical (unpaired) electrons. The van der Waals surface area contributed by atoms with Crippen molar-refractivity contribution in [2.24, 2.45) is 5.41 Å². The molecule has 2 aliphatic heterocycles. The number of nitrogens with zero attached hydrogens (tertiary/aromatic N) is 2. The van der Waals surface area contributed by atoms with Crippen LogP contribution in [0, 0.1) is 5.41 Å². The first kappa shape index (κ1) is 36.3. The number of nitrogens with one attached hydrogen (secondary N) is 3. The zero-order valence-corrected chi connectivity index (χ0v) is 29.3. The number of hydrogen-bond acceptors (Lipinski definition) is 5. The van der Waals surface area contributed by atoms with Crippen LogP contribution in [0.4, 0.5) is 9.59 Å². The van der Waals surface area contributed by atoms with Gasteiger partial charge in [-0.2, -0.15) is 0 Å². The Morgan fingerprint density at radius 2 is 1.70 bits per heavy atom. The van der Waals surface area contributed by atoms with Crippen molar-refractivity contribution >= 4 is 47.1 Å². The van der Waals surface area contributed by atoms with E-state index in [-0.39, 0.29) is 30.8 Å². The monoisotopic (exact) mass is 687 g/mol. The SMILES string of the molecule is CCNC(=O)[C@]1(Cc2ccccc2)CCCN(C(=O)C(Cc2ccc(Cl)c(Cl)c2)NC(=O)NC2CCCN(C(=O)OC(C)(C)C)C2)C1. The first-order valence-corrected chi connectivity index (χ1v) is 17.1. The minimum atomic E-state index is -0.945. The highest BCUT2D eigenvalue weighted by Crippen LogP contribution is 2.35. The largest absolute Gasteiger partial charge is 0.444 e. The summed E-state index contributed by atoms with van der Waals surface area (Å²) in [5.41, 5.74) is 0.306. The number of ether oxygens (including phenoxy) is 1. The Balaban J connectivity index is 1.52. The Hall–Kier alpha value is -3.50. The van der Waals surface area contributed by atoms with Crippen molar-refractivity contribution in [2.75, 3.05) is 32.7 Å². The standard InChI is InChI=1S/C35H47Cl2N5O5/c1-5-38-31(44)35(21-24-11-7-6-8-12-24)16-10-18-42(23-35)30(43)29(20-25-14-15-27(36)28(37)19-25)40-32(45)39-26-13-9-17-41(22-26)33(46)47-34(2,3)4/h6-8,11-12,14-15,19,26,29H,5,9-10,13,16-18,20-23H2,1-4H3,(H,38,44)(H2,39,40,45)/t26?,29?,35-/m0/s1. The molecule has 0 aliphatic carbocycles. The van der Waals surface area contributed by atoms with E-state index in [2.05, 4.69) is 16.0 Å². The van der Waals surface area contributed by atoms with Gasteiger partial charge in [0, 0.05) is 45.2 Å². The molecule has 47 heavy (non-hydrogen) atoms. The van der Waals surface area contributed by atoms with Crippen molar-refractivity contribution in [3.8, 4) is 0 Å². The van der Waals surface area contributed by atoms with Crippen molar-refractivity contribution in [3.05, 3.63) is 69.7 Å². The van der Waals surface area contributed by atoms with E-state index in [4.69, 9.17) is 27.9 Å². The highest BCUT2D eigenvalue weighted by molar-refractivity contribution is 6.42. The molecule has 3 N–H and O–H groups in total. The molecule has 2 heterocycles. The van der Waals surface area contributed by atoms with E-state index in [1.54, 1.807) is 28.0 Å². The summed E-state index contributed by atoms with van der Waals surface area (Å²) in [5, 5.41) is 9.60. The van der Waals surface area contributed by atoms with Gasteiger partial charge in [-0.15, -0.1) is 0 Å². The maximum Gasteiger partial charge on any atom is 0.410 e. The molecule has 0 spiro atoms. The minimum Gasteiger partial charge on any atom is -0.444 e. The van der Waals surface area contributed by atoms with Crippen LogP contribution in [-0.4, -0.2) is 84.1 Å². The summed E-state index contributed by atoms with van der Waals surface area (Å²) < 4.78 is 5.52. The van der Waals surface area contributed by atoms with Gasteiger partial charge in [0.25, 0.3) is 0 Å². The normalized spacial score (nSPS) is 20.6. The number of piperidine rings is 2. The van der Waals surface area contributed by atoms with E-state index in [0.29, 0.717) is 68.3 Å². The van der Waals surface area contributed by atoms with E-state index in [9.17, 15) is 19.2 Å². The third kappa shape index (κ3) is 10.2. The fourth-order valence-corrected chi connectivity index (χ4v) is 6.68. The van der Waals surface area contributed by atoms with Crippen LogP contribution in [0.2, 0.25) is 10.0 Å². The number of rotatable bonds is 9. The maximum absolute atomic E-state index is 14.3. The number of hydrogen-bond donors (Lipinski definition) is 3. The van der Waals surface area contributed by atoms with Crippen LogP contribution in [0.15, 0.2) is 48.5 Å². The van der Waals surface area contributed by atoms with Crippen LogP contribution < -0.4 is 16.0 Å². The summed E-state index contributed by atoms with van der Waals surface area (Å²) in [4.78, 5) is 57.3. The van der Waals surface area contributed by atoms with Gasteiger partial charge in [0.15, 0.2) is 0 Å². The molecular weight excluding hydrogens is 641 g/mol. The lowest BCUT2D eigenvalue weighted by Gasteiger charge is -2.43. The van der Waals surface area contributed by atoms with Crippen LogP contribution >= 0.6 is 23.2 Å². The number of halogens is 2. The summed E-state index contributed by atoms with van der Waals surface area (Å²) in [7, 11) is 0. The second-order valence-electron chi connectivity index (χ2n) is 13.6. The predicted octanol–water partition coefficient (Wildman–Crippen LogP) is 5.59. The number of carbonyl (C=O) groups is 4. The number of amides is 5. The number of benzene rings is 2. The van der Waals surface area contributed by atoms with E-state index >= 15 is 0 Å². The zero-order chi connectivity index (χ0) is 34.2. The fourth-order valence-electron chi connectivity index (χ4n) is 6.36. The Morgan fingerprint density at radius 1 is 0.979 bits per heavy atom. The average Bonchev–Trinajstić information content (AvgIpc) is 3.02. The van der Waals surface area contributed by atoms with Gasteiger partial charge in [-0.25, -0.2) is 9.59 Å². The van der Waals surface area contributed by atoms with E-state index in [1.165, 1.54) is 0 Å². The van der Waals surface area contributed by atoms with Gasteiger partial charge in [-0.1, -0.05) is 59.6 Å².